The summed E-state index contributed by atoms with van der Waals surface area (Å²) in [5, 5.41) is 4.10. The third kappa shape index (κ3) is 2.28. The molecule has 1 aromatic heterocycles. The highest BCUT2D eigenvalue weighted by atomic mass is 79.9. The van der Waals surface area contributed by atoms with Crippen LogP contribution in [0.5, 0.6) is 11.6 Å². The Hall–Kier alpha value is -1.69. The summed E-state index contributed by atoms with van der Waals surface area (Å²) in [6.45, 7) is 1.72. The molecular formula is C12H10BrFN2O2. The molecule has 1 aromatic carbocycles. The van der Waals surface area contributed by atoms with Crippen LogP contribution in [0.4, 0.5) is 4.39 Å². The molecule has 0 aliphatic rings. The lowest BCUT2D eigenvalue weighted by atomic mass is 10.3. The highest BCUT2D eigenvalue weighted by Crippen LogP contribution is 2.32. The number of halogens is 2. The molecule has 0 saturated carbocycles. The molecule has 0 N–H and O–H groups in total. The zero-order chi connectivity index (χ0) is 13.3. The quantitative estimate of drug-likeness (QED) is 0.817. The van der Waals surface area contributed by atoms with E-state index in [0.717, 1.165) is 0 Å². The second-order valence-electron chi connectivity index (χ2n) is 3.72. The molecule has 18 heavy (non-hydrogen) atoms. The van der Waals surface area contributed by atoms with Gasteiger partial charge in [-0.1, -0.05) is 0 Å². The molecular weight excluding hydrogens is 303 g/mol. The molecule has 0 bridgehead atoms. The molecule has 0 fully saturated rings. The number of carbonyl (C=O) groups excluding carboxylic acids is 1. The topological polar surface area (TPSA) is 44.1 Å². The molecule has 0 radical (unpaired) electrons. The van der Waals surface area contributed by atoms with Crippen molar-refractivity contribution in [3.63, 3.8) is 0 Å². The molecule has 2 aromatic rings. The van der Waals surface area contributed by atoms with E-state index in [4.69, 9.17) is 4.74 Å². The van der Waals surface area contributed by atoms with Crippen LogP contribution in [0.15, 0.2) is 22.7 Å². The molecule has 6 heteroatoms. The van der Waals surface area contributed by atoms with Crippen molar-refractivity contribution in [2.75, 3.05) is 0 Å². The zero-order valence-electron chi connectivity index (χ0n) is 9.78. The highest BCUT2D eigenvalue weighted by molar-refractivity contribution is 9.10. The van der Waals surface area contributed by atoms with Crippen molar-refractivity contribution in [3.05, 3.63) is 39.7 Å². The lowest BCUT2D eigenvalue weighted by Gasteiger charge is -2.08. The number of aryl methyl sites for hydroxylation is 2. The number of aromatic nitrogens is 2. The Morgan fingerprint density at radius 1 is 1.50 bits per heavy atom. The van der Waals surface area contributed by atoms with Gasteiger partial charge < -0.3 is 4.74 Å². The van der Waals surface area contributed by atoms with Crippen molar-refractivity contribution in [2.45, 2.75) is 6.92 Å². The number of hydrogen-bond donors (Lipinski definition) is 0. The third-order valence-electron chi connectivity index (χ3n) is 2.43. The van der Waals surface area contributed by atoms with E-state index in [1.165, 1.54) is 22.9 Å². The fourth-order valence-corrected chi connectivity index (χ4v) is 2.00. The number of aldehydes is 1. The predicted octanol–water partition coefficient (Wildman–Crippen LogP) is 3.23. The average molecular weight is 313 g/mol. The molecule has 1 heterocycles. The highest BCUT2D eigenvalue weighted by Gasteiger charge is 2.16. The number of hydrogen-bond acceptors (Lipinski definition) is 3. The van der Waals surface area contributed by atoms with E-state index in [1.807, 2.05) is 0 Å². The first kappa shape index (κ1) is 12.8. The minimum absolute atomic E-state index is 0.329. The van der Waals surface area contributed by atoms with Crippen LogP contribution >= 0.6 is 15.9 Å². The second kappa shape index (κ2) is 4.89. The van der Waals surface area contributed by atoms with Crippen molar-refractivity contribution in [1.29, 1.82) is 0 Å². The Balaban J connectivity index is 2.42. The Bertz CT molecular complexity index is 610. The van der Waals surface area contributed by atoms with Gasteiger partial charge in [0.25, 0.3) is 0 Å². The monoisotopic (exact) mass is 312 g/mol. The predicted molar refractivity (Wildman–Crippen MR) is 67.5 cm³/mol. The summed E-state index contributed by atoms with van der Waals surface area (Å²) in [5.41, 5.74) is 0.967. The Morgan fingerprint density at radius 2 is 2.22 bits per heavy atom. The lowest BCUT2D eigenvalue weighted by molar-refractivity contribution is 0.112. The van der Waals surface area contributed by atoms with E-state index in [1.54, 1.807) is 14.0 Å². The van der Waals surface area contributed by atoms with Crippen LogP contribution in [-0.4, -0.2) is 16.1 Å². The Morgan fingerprint density at radius 3 is 2.83 bits per heavy atom. The number of rotatable bonds is 3. The molecule has 94 valence electrons. The van der Waals surface area contributed by atoms with E-state index in [9.17, 15) is 9.18 Å². The lowest BCUT2D eigenvalue weighted by Crippen LogP contribution is -1.97. The average Bonchev–Trinajstić information content (AvgIpc) is 2.57. The molecule has 0 amide bonds. The van der Waals surface area contributed by atoms with Crippen LogP contribution in [0.25, 0.3) is 0 Å². The van der Waals surface area contributed by atoms with E-state index in [2.05, 4.69) is 21.0 Å². The summed E-state index contributed by atoms with van der Waals surface area (Å²) in [6.07, 6.45) is 0.690. The van der Waals surface area contributed by atoms with Crippen molar-refractivity contribution < 1.29 is 13.9 Å². The van der Waals surface area contributed by atoms with Crippen molar-refractivity contribution in [2.24, 2.45) is 7.05 Å². The normalized spacial score (nSPS) is 10.4. The summed E-state index contributed by atoms with van der Waals surface area (Å²) in [4.78, 5) is 11.0. The number of ether oxygens (including phenoxy) is 1. The minimum Gasteiger partial charge on any atom is -0.437 e. The number of benzene rings is 1. The molecule has 2 rings (SSSR count). The van der Waals surface area contributed by atoms with Gasteiger partial charge in [0, 0.05) is 7.05 Å². The van der Waals surface area contributed by atoms with Crippen LogP contribution in [0.1, 0.15) is 16.1 Å². The fourth-order valence-electron chi connectivity index (χ4n) is 1.57. The maximum absolute atomic E-state index is 13.0. The maximum atomic E-state index is 13.0. The van der Waals surface area contributed by atoms with Gasteiger partial charge in [0.05, 0.1) is 15.7 Å². The maximum Gasteiger partial charge on any atom is 0.228 e. The fraction of sp³-hybridized carbons (Fsp3) is 0.167. The standard InChI is InChI=1S/C12H10BrFN2O2/c1-7-9(6-17)12(16(2)15-7)18-11-4-3-8(14)5-10(11)13/h3-6H,1-2H3. The van der Waals surface area contributed by atoms with E-state index >= 15 is 0 Å². The van der Waals surface area contributed by atoms with Crippen LogP contribution in [0.2, 0.25) is 0 Å². The summed E-state index contributed by atoms with van der Waals surface area (Å²) < 4.78 is 20.5. The summed E-state index contributed by atoms with van der Waals surface area (Å²) in [6, 6.07) is 4.05. The van der Waals surface area contributed by atoms with Gasteiger partial charge in [-0.15, -0.1) is 0 Å². The van der Waals surface area contributed by atoms with Gasteiger partial charge in [-0.25, -0.2) is 9.07 Å². The first-order chi connectivity index (χ1) is 8.52. The molecule has 0 spiro atoms. The second-order valence-corrected chi connectivity index (χ2v) is 4.58. The van der Waals surface area contributed by atoms with Crippen molar-refractivity contribution in [3.8, 4) is 11.6 Å². The third-order valence-corrected chi connectivity index (χ3v) is 3.05. The number of carbonyl (C=O) groups is 1. The SMILES string of the molecule is Cc1nn(C)c(Oc2ccc(F)cc2Br)c1C=O. The van der Waals surface area contributed by atoms with Gasteiger partial charge in [0.15, 0.2) is 6.29 Å². The van der Waals surface area contributed by atoms with Crippen LogP contribution in [-0.2, 0) is 7.05 Å². The van der Waals surface area contributed by atoms with Crippen molar-refractivity contribution >= 4 is 22.2 Å². The summed E-state index contributed by atoms with van der Waals surface area (Å²) in [5.74, 6) is 0.378. The van der Waals surface area contributed by atoms with Crippen molar-refractivity contribution in [1.82, 2.24) is 9.78 Å². The zero-order valence-corrected chi connectivity index (χ0v) is 11.4. The van der Waals surface area contributed by atoms with Gasteiger partial charge >= 0.3 is 0 Å². The van der Waals surface area contributed by atoms with E-state index in [-0.39, 0.29) is 5.82 Å². The van der Waals surface area contributed by atoms with Gasteiger partial charge in [-0.2, -0.15) is 5.10 Å². The van der Waals surface area contributed by atoms with Gasteiger partial charge in [-0.3, -0.25) is 4.79 Å². The molecule has 0 aliphatic heterocycles. The van der Waals surface area contributed by atoms with E-state index in [0.29, 0.717) is 33.6 Å². The Labute approximate surface area is 111 Å². The van der Waals surface area contributed by atoms with Crippen LogP contribution in [0.3, 0.4) is 0 Å². The molecule has 0 unspecified atom stereocenters. The smallest absolute Gasteiger partial charge is 0.228 e. The van der Waals surface area contributed by atoms with Gasteiger partial charge in [-0.05, 0) is 41.1 Å². The molecule has 0 saturated heterocycles. The number of nitrogens with zero attached hydrogens (tertiary/aromatic N) is 2. The summed E-state index contributed by atoms with van der Waals surface area (Å²) >= 11 is 3.20. The Kier molecular flexibility index (Phi) is 3.47. The van der Waals surface area contributed by atoms with Gasteiger partial charge in [0.2, 0.25) is 5.88 Å². The largest absolute Gasteiger partial charge is 0.437 e. The molecule has 0 aliphatic carbocycles. The molecule has 0 atom stereocenters. The summed E-state index contributed by atoms with van der Waals surface area (Å²) in [7, 11) is 1.67. The molecule has 4 nitrogen and oxygen atoms in total. The van der Waals surface area contributed by atoms with Crippen LogP contribution in [0, 0.1) is 12.7 Å². The first-order valence-corrected chi connectivity index (χ1v) is 5.94. The van der Waals surface area contributed by atoms with Crippen LogP contribution < -0.4 is 4.74 Å². The minimum atomic E-state index is -0.369. The first-order valence-electron chi connectivity index (χ1n) is 5.14. The van der Waals surface area contributed by atoms with Gasteiger partial charge in [0.1, 0.15) is 11.6 Å². The van der Waals surface area contributed by atoms with E-state index < -0.39 is 0 Å².